The van der Waals surface area contributed by atoms with Crippen LogP contribution < -0.4 is 5.43 Å². The first-order chi connectivity index (χ1) is 11.3. The second-order valence-corrected chi connectivity index (χ2v) is 6.74. The van der Waals surface area contributed by atoms with E-state index in [1.165, 1.54) is 29.5 Å². The number of hydrogen-bond donors (Lipinski definition) is 2. The summed E-state index contributed by atoms with van der Waals surface area (Å²) in [5.74, 6) is -0.175. The number of rotatable bonds is 3. The topological polar surface area (TPSA) is 57.2 Å². The van der Waals surface area contributed by atoms with Gasteiger partial charge in [-0.15, -0.1) is 11.3 Å². The molecule has 4 nitrogen and oxygen atoms in total. The average Bonchev–Trinajstić information content (AvgIpc) is 3.21. The zero-order chi connectivity index (χ0) is 15.6. The van der Waals surface area contributed by atoms with Crippen LogP contribution >= 0.6 is 11.3 Å². The Hall–Kier alpha value is -2.40. The SMILES string of the molecule is O=C(N/N=C\c1cccs1)c1ccc2[nH]c3c(c2c1)CCCC3. The lowest BCUT2D eigenvalue weighted by atomic mass is 9.95. The van der Waals surface area contributed by atoms with Gasteiger partial charge in [0.25, 0.3) is 5.91 Å². The largest absolute Gasteiger partial charge is 0.358 e. The van der Waals surface area contributed by atoms with Crippen LogP contribution in [0.4, 0.5) is 0 Å². The van der Waals surface area contributed by atoms with E-state index in [0.717, 1.165) is 23.2 Å². The summed E-state index contributed by atoms with van der Waals surface area (Å²) < 4.78 is 0. The van der Waals surface area contributed by atoms with Crippen molar-refractivity contribution in [1.82, 2.24) is 10.4 Å². The van der Waals surface area contributed by atoms with E-state index in [9.17, 15) is 4.79 Å². The van der Waals surface area contributed by atoms with E-state index in [1.54, 1.807) is 17.6 Å². The third kappa shape index (κ3) is 2.80. The van der Waals surface area contributed by atoms with Gasteiger partial charge in [-0.3, -0.25) is 4.79 Å². The molecule has 1 amide bonds. The molecule has 4 rings (SSSR count). The number of thiophene rings is 1. The van der Waals surface area contributed by atoms with Gasteiger partial charge in [0.2, 0.25) is 0 Å². The quantitative estimate of drug-likeness (QED) is 0.558. The van der Waals surface area contributed by atoms with Gasteiger partial charge >= 0.3 is 0 Å². The molecule has 0 fully saturated rings. The van der Waals surface area contributed by atoms with Gasteiger partial charge in [-0.05, 0) is 60.9 Å². The molecule has 0 bridgehead atoms. The molecule has 23 heavy (non-hydrogen) atoms. The monoisotopic (exact) mass is 323 g/mol. The zero-order valence-electron chi connectivity index (χ0n) is 12.6. The number of aromatic amines is 1. The van der Waals surface area contributed by atoms with Crippen molar-refractivity contribution in [2.75, 3.05) is 0 Å². The van der Waals surface area contributed by atoms with Crippen molar-refractivity contribution in [2.45, 2.75) is 25.7 Å². The normalized spacial score (nSPS) is 14.3. The molecule has 2 heterocycles. The number of carbonyl (C=O) groups excluding carboxylic acids is 1. The number of hydrazone groups is 1. The second-order valence-electron chi connectivity index (χ2n) is 5.76. The number of nitrogens with one attached hydrogen (secondary N) is 2. The lowest BCUT2D eigenvalue weighted by Gasteiger charge is -2.10. The molecule has 0 saturated carbocycles. The van der Waals surface area contributed by atoms with Gasteiger partial charge in [0.15, 0.2) is 0 Å². The fourth-order valence-corrected chi connectivity index (χ4v) is 3.72. The van der Waals surface area contributed by atoms with Crippen LogP contribution in [0.3, 0.4) is 0 Å². The Balaban J connectivity index is 1.57. The van der Waals surface area contributed by atoms with Crippen LogP contribution in [0, 0.1) is 0 Å². The summed E-state index contributed by atoms with van der Waals surface area (Å²) in [6.07, 6.45) is 6.33. The highest BCUT2D eigenvalue weighted by Crippen LogP contribution is 2.29. The van der Waals surface area contributed by atoms with E-state index in [4.69, 9.17) is 0 Å². The number of carbonyl (C=O) groups is 1. The number of hydrogen-bond acceptors (Lipinski definition) is 3. The molecule has 3 aromatic rings. The highest BCUT2D eigenvalue weighted by molar-refractivity contribution is 7.11. The van der Waals surface area contributed by atoms with Gasteiger partial charge in [0.1, 0.15) is 0 Å². The van der Waals surface area contributed by atoms with Crippen LogP contribution in [-0.2, 0) is 12.8 Å². The van der Waals surface area contributed by atoms with Crippen molar-refractivity contribution in [2.24, 2.45) is 5.10 Å². The van der Waals surface area contributed by atoms with E-state index in [2.05, 4.69) is 15.5 Å². The maximum absolute atomic E-state index is 12.3. The lowest BCUT2D eigenvalue weighted by Crippen LogP contribution is -2.17. The van der Waals surface area contributed by atoms with Gasteiger partial charge < -0.3 is 4.98 Å². The Morgan fingerprint density at radius 2 is 2.17 bits per heavy atom. The van der Waals surface area contributed by atoms with Gasteiger partial charge in [0, 0.05) is 27.0 Å². The molecule has 0 atom stereocenters. The Morgan fingerprint density at radius 3 is 3.04 bits per heavy atom. The van der Waals surface area contributed by atoms with Crippen LogP contribution in [0.2, 0.25) is 0 Å². The molecule has 0 radical (unpaired) electrons. The summed E-state index contributed by atoms with van der Waals surface area (Å²) in [6, 6.07) is 9.73. The second kappa shape index (κ2) is 6.01. The van der Waals surface area contributed by atoms with E-state index >= 15 is 0 Å². The minimum atomic E-state index is -0.175. The molecule has 1 aromatic carbocycles. The Labute approximate surface area is 138 Å². The van der Waals surface area contributed by atoms with Crippen molar-refractivity contribution in [3.8, 4) is 0 Å². The van der Waals surface area contributed by atoms with Crippen LogP contribution in [0.1, 0.15) is 39.3 Å². The summed E-state index contributed by atoms with van der Waals surface area (Å²) in [4.78, 5) is 16.8. The molecule has 0 saturated heterocycles. The van der Waals surface area contributed by atoms with Gasteiger partial charge in [0.05, 0.1) is 6.21 Å². The molecule has 0 unspecified atom stereocenters. The number of benzene rings is 1. The maximum Gasteiger partial charge on any atom is 0.271 e. The van der Waals surface area contributed by atoms with Crippen LogP contribution in [0.15, 0.2) is 40.8 Å². The predicted molar refractivity (Wildman–Crippen MR) is 94.3 cm³/mol. The Kier molecular flexibility index (Phi) is 3.71. The van der Waals surface area contributed by atoms with E-state index in [-0.39, 0.29) is 5.91 Å². The van der Waals surface area contributed by atoms with E-state index < -0.39 is 0 Å². The number of fused-ring (bicyclic) bond motifs is 3. The minimum Gasteiger partial charge on any atom is -0.358 e. The Morgan fingerprint density at radius 1 is 1.26 bits per heavy atom. The van der Waals surface area contributed by atoms with Gasteiger partial charge in [-0.1, -0.05) is 6.07 Å². The molecular formula is C18H17N3OS. The molecule has 0 aliphatic heterocycles. The summed E-state index contributed by atoms with van der Waals surface area (Å²) in [7, 11) is 0. The minimum absolute atomic E-state index is 0.175. The average molecular weight is 323 g/mol. The summed E-state index contributed by atoms with van der Waals surface area (Å²) in [6.45, 7) is 0. The Bertz CT molecular complexity index is 877. The van der Waals surface area contributed by atoms with Crippen LogP contribution in [0.25, 0.3) is 10.9 Å². The number of amides is 1. The standard InChI is InChI=1S/C18H17N3OS/c22-18(21-19-11-13-4-3-9-23-13)12-7-8-17-15(10-12)14-5-1-2-6-16(14)20-17/h3-4,7-11,20H,1-2,5-6H2,(H,21,22)/b19-11-. The van der Waals surface area contributed by atoms with Crippen molar-refractivity contribution in [1.29, 1.82) is 0 Å². The molecule has 0 spiro atoms. The maximum atomic E-state index is 12.3. The fraction of sp³-hybridized carbons (Fsp3) is 0.222. The molecule has 116 valence electrons. The van der Waals surface area contributed by atoms with Gasteiger partial charge in [-0.2, -0.15) is 5.10 Å². The third-order valence-corrected chi connectivity index (χ3v) is 5.07. The van der Waals surface area contributed by atoms with Crippen LogP contribution in [0.5, 0.6) is 0 Å². The lowest BCUT2D eigenvalue weighted by molar-refractivity contribution is 0.0955. The van der Waals surface area contributed by atoms with Crippen molar-refractivity contribution in [3.05, 3.63) is 57.4 Å². The van der Waals surface area contributed by atoms with Crippen LogP contribution in [-0.4, -0.2) is 17.1 Å². The molecule has 1 aliphatic rings. The van der Waals surface area contributed by atoms with Crippen molar-refractivity contribution >= 4 is 34.4 Å². The van der Waals surface area contributed by atoms with E-state index in [0.29, 0.717) is 5.56 Å². The molecule has 5 heteroatoms. The first-order valence-electron chi connectivity index (χ1n) is 7.81. The number of nitrogens with zero attached hydrogens (tertiary/aromatic N) is 1. The van der Waals surface area contributed by atoms with Crippen molar-refractivity contribution in [3.63, 3.8) is 0 Å². The smallest absolute Gasteiger partial charge is 0.271 e. The van der Waals surface area contributed by atoms with Gasteiger partial charge in [-0.25, -0.2) is 5.43 Å². The molecule has 2 aromatic heterocycles. The first-order valence-corrected chi connectivity index (χ1v) is 8.69. The molecular weight excluding hydrogens is 306 g/mol. The van der Waals surface area contributed by atoms with Crippen molar-refractivity contribution < 1.29 is 4.79 Å². The fourth-order valence-electron chi connectivity index (χ4n) is 3.13. The number of H-pyrrole nitrogens is 1. The molecule has 1 aliphatic carbocycles. The molecule has 2 N–H and O–H groups in total. The highest BCUT2D eigenvalue weighted by atomic mass is 32.1. The first kappa shape index (κ1) is 14.2. The number of aryl methyl sites for hydroxylation is 2. The highest BCUT2D eigenvalue weighted by Gasteiger charge is 2.16. The zero-order valence-corrected chi connectivity index (χ0v) is 13.5. The summed E-state index contributed by atoms with van der Waals surface area (Å²) in [5, 5.41) is 7.18. The summed E-state index contributed by atoms with van der Waals surface area (Å²) >= 11 is 1.58. The summed E-state index contributed by atoms with van der Waals surface area (Å²) in [5.41, 5.74) is 7.08. The number of aromatic nitrogens is 1. The van der Waals surface area contributed by atoms with E-state index in [1.807, 2.05) is 35.7 Å². The predicted octanol–water partition coefficient (Wildman–Crippen LogP) is 3.87. The third-order valence-electron chi connectivity index (χ3n) is 4.26.